The summed E-state index contributed by atoms with van der Waals surface area (Å²) < 4.78 is 5.16. The lowest BCUT2D eigenvalue weighted by atomic mass is 9.85. The number of esters is 1. The molecular formula is C17H33NO2. The Morgan fingerprint density at radius 2 is 2.00 bits per heavy atom. The standard InChI is InChI=1S/C17H33NO2/c1-5-20-17(19)15-10-7-11-16(12-15)18-14(4)9-6-8-13(2)3/h13-16,18H,5-12H2,1-4H3. The number of rotatable bonds is 8. The highest BCUT2D eigenvalue weighted by Crippen LogP contribution is 2.26. The lowest BCUT2D eigenvalue weighted by Gasteiger charge is -2.31. The van der Waals surface area contributed by atoms with E-state index in [9.17, 15) is 4.79 Å². The molecule has 0 aliphatic heterocycles. The summed E-state index contributed by atoms with van der Waals surface area (Å²) in [5.74, 6) is 0.917. The van der Waals surface area contributed by atoms with Gasteiger partial charge in [-0.2, -0.15) is 0 Å². The third-order valence-electron chi connectivity index (χ3n) is 4.23. The van der Waals surface area contributed by atoms with Crippen molar-refractivity contribution in [3.05, 3.63) is 0 Å². The van der Waals surface area contributed by atoms with Crippen LogP contribution in [0.2, 0.25) is 0 Å². The maximum absolute atomic E-state index is 11.8. The maximum Gasteiger partial charge on any atom is 0.308 e. The van der Waals surface area contributed by atoms with Crippen LogP contribution in [0.1, 0.15) is 72.6 Å². The second-order valence-electron chi connectivity index (χ2n) is 6.70. The summed E-state index contributed by atoms with van der Waals surface area (Å²) in [5.41, 5.74) is 0. The summed E-state index contributed by atoms with van der Waals surface area (Å²) in [5, 5.41) is 3.71. The Morgan fingerprint density at radius 1 is 1.25 bits per heavy atom. The van der Waals surface area contributed by atoms with Crippen LogP contribution in [0.15, 0.2) is 0 Å². The van der Waals surface area contributed by atoms with E-state index in [1.54, 1.807) is 0 Å². The van der Waals surface area contributed by atoms with E-state index in [1.807, 2.05) is 6.92 Å². The normalized spacial score (nSPS) is 24.6. The van der Waals surface area contributed by atoms with Gasteiger partial charge in [0.05, 0.1) is 12.5 Å². The number of ether oxygens (including phenoxy) is 1. The van der Waals surface area contributed by atoms with Crippen molar-refractivity contribution in [3.8, 4) is 0 Å². The Hall–Kier alpha value is -0.570. The van der Waals surface area contributed by atoms with Gasteiger partial charge in [-0.3, -0.25) is 4.79 Å². The first-order valence-electron chi connectivity index (χ1n) is 8.45. The summed E-state index contributed by atoms with van der Waals surface area (Å²) in [6.45, 7) is 9.22. The third kappa shape index (κ3) is 6.74. The monoisotopic (exact) mass is 283 g/mol. The second-order valence-corrected chi connectivity index (χ2v) is 6.70. The molecule has 0 aromatic heterocycles. The Balaban J connectivity index is 2.27. The molecule has 0 spiro atoms. The molecule has 0 heterocycles. The van der Waals surface area contributed by atoms with Gasteiger partial charge in [0.25, 0.3) is 0 Å². The van der Waals surface area contributed by atoms with Crippen LogP contribution in [0.4, 0.5) is 0 Å². The number of carbonyl (C=O) groups excluding carboxylic acids is 1. The molecule has 0 aromatic carbocycles. The van der Waals surface area contributed by atoms with Crippen LogP contribution in [0.25, 0.3) is 0 Å². The molecule has 1 saturated carbocycles. The van der Waals surface area contributed by atoms with Gasteiger partial charge in [-0.05, 0) is 45.4 Å². The van der Waals surface area contributed by atoms with E-state index >= 15 is 0 Å². The van der Waals surface area contributed by atoms with Crippen molar-refractivity contribution in [1.29, 1.82) is 0 Å². The van der Waals surface area contributed by atoms with Crippen LogP contribution in [0.3, 0.4) is 0 Å². The fourth-order valence-electron chi connectivity index (χ4n) is 3.13. The van der Waals surface area contributed by atoms with E-state index in [4.69, 9.17) is 4.74 Å². The van der Waals surface area contributed by atoms with E-state index in [1.165, 1.54) is 25.7 Å². The van der Waals surface area contributed by atoms with Gasteiger partial charge in [-0.15, -0.1) is 0 Å². The zero-order chi connectivity index (χ0) is 15.0. The highest BCUT2D eigenvalue weighted by atomic mass is 16.5. The molecular weight excluding hydrogens is 250 g/mol. The first-order chi connectivity index (χ1) is 9.52. The first kappa shape index (κ1) is 17.5. The molecule has 1 fully saturated rings. The van der Waals surface area contributed by atoms with Gasteiger partial charge in [0, 0.05) is 12.1 Å². The van der Waals surface area contributed by atoms with Crippen molar-refractivity contribution in [2.45, 2.75) is 84.7 Å². The SMILES string of the molecule is CCOC(=O)C1CCCC(NC(C)CCCC(C)C)C1. The van der Waals surface area contributed by atoms with E-state index in [0.717, 1.165) is 25.2 Å². The van der Waals surface area contributed by atoms with Crippen molar-refractivity contribution in [2.24, 2.45) is 11.8 Å². The number of hydrogen-bond acceptors (Lipinski definition) is 3. The smallest absolute Gasteiger partial charge is 0.308 e. The topological polar surface area (TPSA) is 38.3 Å². The fraction of sp³-hybridized carbons (Fsp3) is 0.941. The lowest BCUT2D eigenvalue weighted by molar-refractivity contribution is -0.149. The Bertz CT molecular complexity index is 278. The molecule has 0 amide bonds. The molecule has 3 nitrogen and oxygen atoms in total. The number of hydrogen-bond donors (Lipinski definition) is 1. The Morgan fingerprint density at radius 3 is 2.65 bits per heavy atom. The molecule has 20 heavy (non-hydrogen) atoms. The largest absolute Gasteiger partial charge is 0.466 e. The average Bonchev–Trinajstić information content (AvgIpc) is 2.38. The van der Waals surface area contributed by atoms with Crippen LogP contribution in [0, 0.1) is 11.8 Å². The van der Waals surface area contributed by atoms with Crippen LogP contribution in [-0.4, -0.2) is 24.7 Å². The van der Waals surface area contributed by atoms with Crippen molar-refractivity contribution in [2.75, 3.05) is 6.61 Å². The fourth-order valence-corrected chi connectivity index (χ4v) is 3.13. The second kappa shape index (κ2) is 9.38. The number of carbonyl (C=O) groups is 1. The summed E-state index contributed by atoms with van der Waals surface area (Å²) >= 11 is 0. The van der Waals surface area contributed by atoms with Gasteiger partial charge in [0.2, 0.25) is 0 Å². The molecule has 118 valence electrons. The minimum atomic E-state index is 0.00598. The summed E-state index contributed by atoms with van der Waals surface area (Å²) in [6, 6.07) is 1.05. The Labute approximate surface area is 124 Å². The van der Waals surface area contributed by atoms with Crippen molar-refractivity contribution in [1.82, 2.24) is 5.32 Å². The molecule has 1 rings (SSSR count). The van der Waals surface area contributed by atoms with Crippen LogP contribution < -0.4 is 5.32 Å². The molecule has 3 atom stereocenters. The molecule has 3 unspecified atom stereocenters. The molecule has 0 saturated heterocycles. The minimum absolute atomic E-state index is 0.00598. The van der Waals surface area contributed by atoms with E-state index in [-0.39, 0.29) is 11.9 Å². The third-order valence-corrected chi connectivity index (χ3v) is 4.23. The van der Waals surface area contributed by atoms with Crippen molar-refractivity contribution >= 4 is 5.97 Å². The molecule has 0 bridgehead atoms. The van der Waals surface area contributed by atoms with E-state index in [2.05, 4.69) is 26.1 Å². The van der Waals surface area contributed by atoms with Gasteiger partial charge >= 0.3 is 5.97 Å². The van der Waals surface area contributed by atoms with Gasteiger partial charge in [0.15, 0.2) is 0 Å². The zero-order valence-electron chi connectivity index (χ0n) is 13.8. The van der Waals surface area contributed by atoms with E-state index in [0.29, 0.717) is 18.7 Å². The highest BCUT2D eigenvalue weighted by molar-refractivity contribution is 5.72. The zero-order valence-corrected chi connectivity index (χ0v) is 13.8. The average molecular weight is 283 g/mol. The lowest BCUT2D eigenvalue weighted by Crippen LogP contribution is -2.41. The molecule has 3 heteroatoms. The molecule has 0 aromatic rings. The first-order valence-corrected chi connectivity index (χ1v) is 8.45. The molecule has 1 N–H and O–H groups in total. The predicted molar refractivity (Wildman–Crippen MR) is 83.7 cm³/mol. The molecule has 1 aliphatic carbocycles. The van der Waals surface area contributed by atoms with Crippen LogP contribution in [-0.2, 0) is 9.53 Å². The van der Waals surface area contributed by atoms with E-state index < -0.39 is 0 Å². The number of nitrogens with one attached hydrogen (secondary N) is 1. The highest BCUT2D eigenvalue weighted by Gasteiger charge is 2.28. The summed E-state index contributed by atoms with van der Waals surface area (Å²) in [6.07, 6.45) is 8.12. The van der Waals surface area contributed by atoms with Crippen LogP contribution in [0.5, 0.6) is 0 Å². The maximum atomic E-state index is 11.8. The summed E-state index contributed by atoms with van der Waals surface area (Å²) in [7, 11) is 0. The van der Waals surface area contributed by atoms with Crippen molar-refractivity contribution in [3.63, 3.8) is 0 Å². The molecule has 0 radical (unpaired) electrons. The van der Waals surface area contributed by atoms with Gasteiger partial charge in [0.1, 0.15) is 0 Å². The summed E-state index contributed by atoms with van der Waals surface area (Å²) in [4.78, 5) is 11.8. The molecule has 1 aliphatic rings. The van der Waals surface area contributed by atoms with Gasteiger partial charge < -0.3 is 10.1 Å². The van der Waals surface area contributed by atoms with Gasteiger partial charge in [-0.1, -0.05) is 33.1 Å². The van der Waals surface area contributed by atoms with Crippen LogP contribution >= 0.6 is 0 Å². The van der Waals surface area contributed by atoms with Gasteiger partial charge in [-0.25, -0.2) is 0 Å². The van der Waals surface area contributed by atoms with Crippen molar-refractivity contribution < 1.29 is 9.53 Å². The minimum Gasteiger partial charge on any atom is -0.466 e. The quantitative estimate of drug-likeness (QED) is 0.686. The predicted octanol–water partition coefficient (Wildman–Crippen LogP) is 3.91. The Kier molecular flexibility index (Phi) is 8.20.